The molecule has 0 atom stereocenters. The fraction of sp³-hybridized carbons (Fsp3) is 0.462. The van der Waals surface area contributed by atoms with Gasteiger partial charge in [0.25, 0.3) is 0 Å². The van der Waals surface area contributed by atoms with Crippen molar-refractivity contribution in [1.82, 2.24) is 0 Å². The molecule has 0 aliphatic heterocycles. The molecule has 0 fully saturated rings. The summed E-state index contributed by atoms with van der Waals surface area (Å²) >= 11 is 3.30. The van der Waals surface area contributed by atoms with E-state index >= 15 is 0 Å². The van der Waals surface area contributed by atoms with Gasteiger partial charge in [0.2, 0.25) is 0 Å². The van der Waals surface area contributed by atoms with Gasteiger partial charge in [0.05, 0.1) is 5.56 Å². The maximum absolute atomic E-state index is 10.9. The minimum absolute atomic E-state index is 0.284. The minimum atomic E-state index is -0.917. The van der Waals surface area contributed by atoms with Gasteiger partial charge in [-0.25, -0.2) is 4.79 Å². The molecule has 0 bridgehead atoms. The van der Waals surface area contributed by atoms with Crippen LogP contribution in [0.2, 0.25) is 0 Å². The Labute approximate surface area is 115 Å². The van der Waals surface area contributed by atoms with Crippen LogP contribution in [0.25, 0.3) is 0 Å². The van der Waals surface area contributed by atoms with Crippen LogP contribution < -0.4 is 5.32 Å². The Morgan fingerprint density at radius 2 is 2.11 bits per heavy atom. The third-order valence-electron chi connectivity index (χ3n) is 2.50. The zero-order valence-corrected chi connectivity index (χ0v) is 12.0. The molecule has 2 N–H and O–H groups in total. The van der Waals surface area contributed by atoms with Crippen LogP contribution >= 0.6 is 15.9 Å². The summed E-state index contributed by atoms with van der Waals surface area (Å²) < 4.78 is 5.74. The lowest BCUT2D eigenvalue weighted by molar-refractivity contribution is 0.0697. The molecule has 1 aromatic rings. The summed E-state index contributed by atoms with van der Waals surface area (Å²) in [5, 5.41) is 12.2. The topological polar surface area (TPSA) is 58.6 Å². The number of ether oxygens (including phenoxy) is 1. The molecule has 0 saturated heterocycles. The van der Waals surface area contributed by atoms with Crippen LogP contribution in [-0.2, 0) is 4.74 Å². The van der Waals surface area contributed by atoms with Crippen molar-refractivity contribution < 1.29 is 14.6 Å². The number of rotatable bonds is 8. The van der Waals surface area contributed by atoms with Gasteiger partial charge >= 0.3 is 5.97 Å². The largest absolute Gasteiger partial charge is 0.478 e. The second-order valence-corrected chi connectivity index (χ2v) is 4.93. The lowest BCUT2D eigenvalue weighted by Crippen LogP contribution is -2.04. The standard InChI is InChI=1S/C13H18BrNO3/c1-18-6-4-2-3-5-15-12-8-10(13(16)17)7-11(14)9-12/h7-9,15H,2-6H2,1H3,(H,16,17). The van der Waals surface area contributed by atoms with Crippen LogP contribution in [0.3, 0.4) is 0 Å². The third-order valence-corrected chi connectivity index (χ3v) is 2.96. The van der Waals surface area contributed by atoms with Gasteiger partial charge in [-0.1, -0.05) is 15.9 Å². The molecule has 0 aliphatic rings. The number of carboxylic acids is 1. The maximum atomic E-state index is 10.9. The minimum Gasteiger partial charge on any atom is -0.478 e. The number of nitrogens with one attached hydrogen (secondary N) is 1. The zero-order valence-electron chi connectivity index (χ0n) is 10.4. The number of hydrogen-bond acceptors (Lipinski definition) is 3. The fourth-order valence-corrected chi connectivity index (χ4v) is 2.09. The Morgan fingerprint density at radius 1 is 1.33 bits per heavy atom. The van der Waals surface area contributed by atoms with E-state index in [0.29, 0.717) is 0 Å². The van der Waals surface area contributed by atoms with Crippen LogP contribution in [0.5, 0.6) is 0 Å². The number of carbonyl (C=O) groups is 1. The molecule has 1 rings (SSSR count). The number of halogens is 1. The van der Waals surface area contributed by atoms with Gasteiger partial charge in [0.1, 0.15) is 0 Å². The molecule has 0 amide bonds. The molecular formula is C13H18BrNO3. The number of benzene rings is 1. The molecule has 0 spiro atoms. The highest BCUT2D eigenvalue weighted by atomic mass is 79.9. The molecule has 0 unspecified atom stereocenters. The second-order valence-electron chi connectivity index (χ2n) is 4.01. The molecule has 100 valence electrons. The van der Waals surface area contributed by atoms with Crippen LogP contribution in [0.1, 0.15) is 29.6 Å². The van der Waals surface area contributed by atoms with Crippen molar-refractivity contribution in [2.45, 2.75) is 19.3 Å². The molecule has 4 nitrogen and oxygen atoms in total. The Balaban J connectivity index is 2.40. The zero-order chi connectivity index (χ0) is 13.4. The van der Waals surface area contributed by atoms with E-state index in [4.69, 9.17) is 9.84 Å². The number of aromatic carboxylic acids is 1. The Bertz CT molecular complexity index is 396. The summed E-state index contributed by atoms with van der Waals surface area (Å²) in [6.45, 7) is 1.62. The first-order valence-electron chi connectivity index (χ1n) is 5.90. The van der Waals surface area contributed by atoms with Gasteiger partial charge in [-0.15, -0.1) is 0 Å². The number of carboxylic acid groups (broad SMARTS) is 1. The summed E-state index contributed by atoms with van der Waals surface area (Å²) in [5.41, 5.74) is 1.11. The summed E-state index contributed by atoms with van der Waals surface area (Å²) in [4.78, 5) is 10.9. The van der Waals surface area contributed by atoms with Crippen molar-refractivity contribution in [2.75, 3.05) is 25.6 Å². The molecule has 0 aliphatic carbocycles. The van der Waals surface area contributed by atoms with Gasteiger partial charge in [-0.3, -0.25) is 0 Å². The number of hydrogen-bond donors (Lipinski definition) is 2. The van der Waals surface area contributed by atoms with Gasteiger partial charge in [0.15, 0.2) is 0 Å². The molecule has 18 heavy (non-hydrogen) atoms. The van der Waals surface area contributed by atoms with E-state index in [-0.39, 0.29) is 5.56 Å². The Hall–Kier alpha value is -1.07. The first-order chi connectivity index (χ1) is 8.63. The van der Waals surface area contributed by atoms with Crippen LogP contribution in [0, 0.1) is 0 Å². The van der Waals surface area contributed by atoms with E-state index in [1.807, 2.05) is 6.07 Å². The van der Waals surface area contributed by atoms with Gasteiger partial charge in [0, 0.05) is 30.4 Å². The van der Waals surface area contributed by atoms with E-state index in [0.717, 1.165) is 42.6 Å². The van der Waals surface area contributed by atoms with E-state index in [9.17, 15) is 4.79 Å². The highest BCUT2D eigenvalue weighted by molar-refractivity contribution is 9.10. The lowest BCUT2D eigenvalue weighted by Gasteiger charge is -2.08. The van der Waals surface area contributed by atoms with Gasteiger partial charge in [-0.2, -0.15) is 0 Å². The second kappa shape index (κ2) is 8.11. The van der Waals surface area contributed by atoms with Gasteiger partial charge in [-0.05, 0) is 37.5 Å². The monoisotopic (exact) mass is 315 g/mol. The number of unbranched alkanes of at least 4 members (excludes halogenated alkanes) is 2. The van der Waals surface area contributed by atoms with E-state index in [2.05, 4.69) is 21.2 Å². The molecular weight excluding hydrogens is 298 g/mol. The Morgan fingerprint density at radius 3 is 2.78 bits per heavy atom. The molecule has 5 heteroatoms. The maximum Gasteiger partial charge on any atom is 0.335 e. The van der Waals surface area contributed by atoms with Crippen LogP contribution in [-0.4, -0.2) is 31.3 Å². The van der Waals surface area contributed by atoms with Crippen molar-refractivity contribution in [3.63, 3.8) is 0 Å². The van der Waals surface area contributed by atoms with E-state index in [1.165, 1.54) is 0 Å². The first kappa shape index (κ1) is 15.0. The van der Waals surface area contributed by atoms with E-state index in [1.54, 1.807) is 19.2 Å². The number of methoxy groups -OCH3 is 1. The predicted molar refractivity (Wildman–Crippen MR) is 75.3 cm³/mol. The van der Waals surface area contributed by atoms with Crippen LogP contribution in [0.4, 0.5) is 5.69 Å². The fourth-order valence-electron chi connectivity index (χ4n) is 1.60. The van der Waals surface area contributed by atoms with Crippen molar-refractivity contribution in [1.29, 1.82) is 0 Å². The number of anilines is 1. The predicted octanol–water partition coefficient (Wildman–Crippen LogP) is 3.38. The van der Waals surface area contributed by atoms with Gasteiger partial charge < -0.3 is 15.2 Å². The summed E-state index contributed by atoms with van der Waals surface area (Å²) in [6.07, 6.45) is 3.19. The normalized spacial score (nSPS) is 10.3. The average molecular weight is 316 g/mol. The summed E-state index contributed by atoms with van der Waals surface area (Å²) in [6, 6.07) is 5.11. The van der Waals surface area contributed by atoms with Crippen molar-refractivity contribution in [3.05, 3.63) is 28.2 Å². The van der Waals surface area contributed by atoms with E-state index < -0.39 is 5.97 Å². The highest BCUT2D eigenvalue weighted by Crippen LogP contribution is 2.19. The lowest BCUT2D eigenvalue weighted by atomic mass is 10.2. The molecule has 1 aromatic carbocycles. The average Bonchev–Trinajstić information content (AvgIpc) is 2.33. The van der Waals surface area contributed by atoms with Crippen molar-refractivity contribution >= 4 is 27.6 Å². The quantitative estimate of drug-likeness (QED) is 0.722. The third kappa shape index (κ3) is 5.51. The first-order valence-corrected chi connectivity index (χ1v) is 6.69. The van der Waals surface area contributed by atoms with Crippen molar-refractivity contribution in [3.8, 4) is 0 Å². The summed E-state index contributed by atoms with van der Waals surface area (Å²) in [5.74, 6) is -0.917. The molecule has 0 aromatic heterocycles. The summed E-state index contributed by atoms with van der Waals surface area (Å²) in [7, 11) is 1.70. The van der Waals surface area contributed by atoms with Crippen molar-refractivity contribution in [2.24, 2.45) is 0 Å². The Kier molecular flexibility index (Phi) is 6.75. The molecule has 0 saturated carbocycles. The molecule has 0 radical (unpaired) electrons. The van der Waals surface area contributed by atoms with Crippen LogP contribution in [0.15, 0.2) is 22.7 Å². The smallest absolute Gasteiger partial charge is 0.335 e. The SMILES string of the molecule is COCCCCCNc1cc(Br)cc(C(=O)O)c1. The molecule has 0 heterocycles. The highest BCUT2D eigenvalue weighted by Gasteiger charge is 2.05.